The minimum atomic E-state index is -4.56. The summed E-state index contributed by atoms with van der Waals surface area (Å²) in [5.74, 6) is -0.762. The van der Waals surface area contributed by atoms with Gasteiger partial charge in [-0.25, -0.2) is 9.18 Å². The van der Waals surface area contributed by atoms with E-state index in [2.05, 4.69) is 5.32 Å². The van der Waals surface area contributed by atoms with Crippen LogP contribution in [0.25, 0.3) is 0 Å². The van der Waals surface area contributed by atoms with E-state index >= 15 is 0 Å². The minimum Gasteiger partial charge on any atom is -0.383 e. The summed E-state index contributed by atoms with van der Waals surface area (Å²) in [6.07, 6.45) is -2.66. The number of aromatic nitrogens is 1. The van der Waals surface area contributed by atoms with Crippen molar-refractivity contribution in [3.8, 4) is 0 Å². The quantitative estimate of drug-likeness (QED) is 0.459. The molecule has 1 aliphatic heterocycles. The Morgan fingerprint density at radius 3 is 2.54 bits per heavy atom. The lowest BCUT2D eigenvalue weighted by atomic mass is 9.99. The van der Waals surface area contributed by atoms with Gasteiger partial charge in [-0.2, -0.15) is 13.2 Å². The van der Waals surface area contributed by atoms with Gasteiger partial charge in [0.05, 0.1) is 18.2 Å². The summed E-state index contributed by atoms with van der Waals surface area (Å²) in [5.41, 5.74) is 0.618. The van der Waals surface area contributed by atoms with Crippen LogP contribution in [0.1, 0.15) is 22.9 Å². The summed E-state index contributed by atoms with van der Waals surface area (Å²) in [6.45, 7) is 0.731. The van der Waals surface area contributed by atoms with Crippen LogP contribution in [0.5, 0.6) is 0 Å². The first kappa shape index (κ1) is 26.2. The Morgan fingerprint density at radius 1 is 1.08 bits per heavy atom. The van der Waals surface area contributed by atoms with Crippen molar-refractivity contribution < 1.29 is 31.9 Å². The molecule has 11 heteroatoms. The second-order valence-electron chi connectivity index (χ2n) is 8.59. The third kappa shape index (κ3) is 6.11. The van der Waals surface area contributed by atoms with Gasteiger partial charge >= 0.3 is 12.2 Å². The molecule has 1 aliphatic rings. The molecule has 3 amide bonds. The molecule has 0 fully saturated rings. The number of anilines is 1. The fourth-order valence-corrected chi connectivity index (χ4v) is 4.33. The first-order chi connectivity index (χ1) is 17.7. The van der Waals surface area contributed by atoms with Gasteiger partial charge < -0.3 is 24.4 Å². The second-order valence-corrected chi connectivity index (χ2v) is 8.59. The summed E-state index contributed by atoms with van der Waals surface area (Å²) in [4.78, 5) is 29.4. The molecule has 1 atom stereocenters. The lowest BCUT2D eigenvalue weighted by Crippen LogP contribution is -2.49. The number of rotatable bonds is 7. The number of halogens is 4. The smallest absolute Gasteiger partial charge is 0.383 e. The lowest BCUT2D eigenvalue weighted by Gasteiger charge is -2.38. The monoisotopic (exact) mass is 518 g/mol. The van der Waals surface area contributed by atoms with E-state index in [1.54, 1.807) is 17.0 Å². The number of ether oxygens (including phenoxy) is 1. The number of nitrogens with zero attached hydrogens (tertiary/aromatic N) is 3. The van der Waals surface area contributed by atoms with Gasteiger partial charge in [0, 0.05) is 44.3 Å². The molecule has 7 nitrogen and oxygen atoms in total. The average Bonchev–Trinajstić information content (AvgIpc) is 3.35. The van der Waals surface area contributed by atoms with Crippen LogP contribution in [0.15, 0.2) is 66.9 Å². The third-order valence-corrected chi connectivity index (χ3v) is 6.16. The number of alkyl halides is 3. The molecule has 0 saturated carbocycles. The SMILES string of the molecule is COCCN(CC(=O)N1CCn2cccc2C1c1ccc(F)cc1)C(=O)Nc1cccc(C(F)(F)F)c1. The molecule has 0 aliphatic carbocycles. The highest BCUT2D eigenvalue weighted by molar-refractivity contribution is 5.92. The zero-order valence-corrected chi connectivity index (χ0v) is 20.0. The normalized spacial score (nSPS) is 15.3. The van der Waals surface area contributed by atoms with Crippen LogP contribution >= 0.6 is 0 Å². The van der Waals surface area contributed by atoms with Gasteiger partial charge in [0.1, 0.15) is 12.4 Å². The van der Waals surface area contributed by atoms with E-state index in [1.165, 1.54) is 36.3 Å². The molecule has 4 rings (SSSR count). The van der Waals surface area contributed by atoms with Crippen molar-refractivity contribution in [3.63, 3.8) is 0 Å². The predicted octanol–water partition coefficient (Wildman–Crippen LogP) is 4.76. The van der Waals surface area contributed by atoms with E-state index in [-0.39, 0.29) is 31.3 Å². The Balaban J connectivity index is 1.55. The number of urea groups is 1. The van der Waals surface area contributed by atoms with Crippen LogP contribution in [-0.2, 0) is 22.3 Å². The highest BCUT2D eigenvalue weighted by atomic mass is 19.4. The molecule has 0 saturated heterocycles. The molecular weight excluding hydrogens is 492 g/mol. The number of amides is 3. The molecule has 1 N–H and O–H groups in total. The van der Waals surface area contributed by atoms with Gasteiger partial charge in [-0.1, -0.05) is 18.2 Å². The number of fused-ring (bicyclic) bond motifs is 1. The number of carbonyl (C=O) groups is 2. The Hall–Kier alpha value is -3.86. The van der Waals surface area contributed by atoms with E-state index in [1.807, 2.05) is 22.9 Å². The minimum absolute atomic E-state index is 0.0401. The number of hydrogen-bond acceptors (Lipinski definition) is 3. The van der Waals surface area contributed by atoms with Crippen LogP contribution in [-0.4, -0.2) is 59.7 Å². The topological polar surface area (TPSA) is 66.8 Å². The van der Waals surface area contributed by atoms with E-state index in [9.17, 15) is 27.2 Å². The molecule has 0 spiro atoms. The summed E-state index contributed by atoms with van der Waals surface area (Å²) < 4.78 is 59.9. The third-order valence-electron chi connectivity index (χ3n) is 6.16. The van der Waals surface area contributed by atoms with E-state index < -0.39 is 29.6 Å². The Kier molecular flexibility index (Phi) is 7.82. The number of methoxy groups -OCH3 is 1. The first-order valence-corrected chi connectivity index (χ1v) is 11.6. The largest absolute Gasteiger partial charge is 0.416 e. The van der Waals surface area contributed by atoms with E-state index in [0.29, 0.717) is 18.7 Å². The van der Waals surface area contributed by atoms with Crippen LogP contribution in [0.2, 0.25) is 0 Å². The average molecular weight is 519 g/mol. The van der Waals surface area contributed by atoms with Gasteiger partial charge in [-0.15, -0.1) is 0 Å². The number of nitrogens with one attached hydrogen (secondary N) is 1. The molecule has 2 heterocycles. The summed E-state index contributed by atoms with van der Waals surface area (Å²) >= 11 is 0. The van der Waals surface area contributed by atoms with Crippen molar-refractivity contribution in [2.75, 3.05) is 38.7 Å². The van der Waals surface area contributed by atoms with Crippen molar-refractivity contribution >= 4 is 17.6 Å². The van der Waals surface area contributed by atoms with Crippen LogP contribution in [0.4, 0.5) is 28.0 Å². The Bertz CT molecular complexity index is 1240. The van der Waals surface area contributed by atoms with Crippen molar-refractivity contribution in [1.82, 2.24) is 14.4 Å². The maximum Gasteiger partial charge on any atom is 0.416 e. The molecule has 1 unspecified atom stereocenters. The predicted molar refractivity (Wildman–Crippen MR) is 128 cm³/mol. The maximum absolute atomic E-state index is 13.6. The van der Waals surface area contributed by atoms with Crippen molar-refractivity contribution in [2.24, 2.45) is 0 Å². The number of hydrogen-bond donors (Lipinski definition) is 1. The van der Waals surface area contributed by atoms with Crippen LogP contribution in [0.3, 0.4) is 0 Å². The molecule has 1 aromatic heterocycles. The van der Waals surface area contributed by atoms with Gasteiger partial charge in [-0.05, 0) is 48.0 Å². The zero-order valence-electron chi connectivity index (χ0n) is 20.0. The summed E-state index contributed by atoms with van der Waals surface area (Å²) in [5, 5.41) is 2.45. The number of carbonyl (C=O) groups excluding carboxylic acids is 2. The van der Waals surface area contributed by atoms with E-state index in [0.717, 1.165) is 17.8 Å². The second kappa shape index (κ2) is 11.0. The number of benzene rings is 2. The van der Waals surface area contributed by atoms with Crippen LogP contribution in [0, 0.1) is 5.82 Å². The molecule has 3 aromatic rings. The van der Waals surface area contributed by atoms with Gasteiger partial charge in [0.2, 0.25) is 5.91 Å². The highest BCUT2D eigenvalue weighted by Gasteiger charge is 2.34. The molecular formula is C26H26F4N4O3. The first-order valence-electron chi connectivity index (χ1n) is 11.6. The lowest BCUT2D eigenvalue weighted by molar-refractivity contribution is -0.137. The summed E-state index contributed by atoms with van der Waals surface area (Å²) in [6, 6.07) is 12.7. The summed E-state index contributed by atoms with van der Waals surface area (Å²) in [7, 11) is 1.44. The molecule has 37 heavy (non-hydrogen) atoms. The molecule has 0 bridgehead atoms. The zero-order chi connectivity index (χ0) is 26.6. The fraction of sp³-hybridized carbons (Fsp3) is 0.308. The van der Waals surface area contributed by atoms with Gasteiger partial charge in [0.25, 0.3) is 0 Å². The maximum atomic E-state index is 13.6. The van der Waals surface area contributed by atoms with Gasteiger partial charge in [-0.3, -0.25) is 4.79 Å². The highest BCUT2D eigenvalue weighted by Crippen LogP contribution is 2.33. The van der Waals surface area contributed by atoms with Crippen molar-refractivity contribution in [1.29, 1.82) is 0 Å². The van der Waals surface area contributed by atoms with Gasteiger partial charge in [0.15, 0.2) is 0 Å². The van der Waals surface area contributed by atoms with Crippen molar-refractivity contribution in [2.45, 2.75) is 18.8 Å². The van der Waals surface area contributed by atoms with E-state index in [4.69, 9.17) is 4.74 Å². The standard InChI is InChI=1S/C26H26F4N4O3/c1-37-15-14-33(25(36)31-21-5-2-4-19(16-21)26(28,29)30)17-23(35)34-13-12-32-11-3-6-22(32)24(34)18-7-9-20(27)10-8-18/h2-11,16,24H,12-15,17H2,1H3,(H,31,36). The molecule has 196 valence electrons. The van der Waals surface area contributed by atoms with Crippen LogP contribution < -0.4 is 5.32 Å². The Labute approximate surface area is 211 Å². The van der Waals surface area contributed by atoms with Crippen molar-refractivity contribution in [3.05, 3.63) is 89.5 Å². The molecule has 0 radical (unpaired) electrons. The molecule has 2 aromatic carbocycles. The Morgan fingerprint density at radius 2 is 1.84 bits per heavy atom. The fourth-order valence-electron chi connectivity index (χ4n) is 4.33.